The Morgan fingerprint density at radius 1 is 1.05 bits per heavy atom. The zero-order valence-corrected chi connectivity index (χ0v) is 24.6. The number of H-pyrrole nitrogens is 1. The highest BCUT2D eigenvalue weighted by Crippen LogP contribution is 2.36. The molecular weight excluding hydrogens is 562 g/mol. The van der Waals surface area contributed by atoms with Gasteiger partial charge in [0, 0.05) is 57.1 Å². The first-order valence-corrected chi connectivity index (χ1v) is 14.9. The highest BCUT2D eigenvalue weighted by molar-refractivity contribution is 5.99. The molecule has 2 saturated heterocycles. The molecule has 2 aliphatic rings. The van der Waals surface area contributed by atoms with Crippen molar-refractivity contribution in [2.45, 2.75) is 52.0 Å². The molecule has 0 bridgehead atoms. The fourth-order valence-electron chi connectivity index (χ4n) is 5.94. The minimum absolute atomic E-state index is 0.0861. The van der Waals surface area contributed by atoms with Gasteiger partial charge in [-0.15, -0.1) is 0 Å². The van der Waals surface area contributed by atoms with Crippen LogP contribution in [0.4, 0.5) is 29.3 Å². The molecule has 2 aromatic heterocycles. The first-order valence-electron chi connectivity index (χ1n) is 14.9. The van der Waals surface area contributed by atoms with E-state index in [0.717, 1.165) is 38.4 Å². The molecule has 0 saturated carbocycles. The van der Waals surface area contributed by atoms with Crippen molar-refractivity contribution >= 4 is 17.7 Å². The molecule has 0 radical (unpaired) electrons. The number of benzene rings is 1. The van der Waals surface area contributed by atoms with Crippen molar-refractivity contribution < 1.29 is 22.4 Å². The Hall–Kier alpha value is -3.67. The summed E-state index contributed by atoms with van der Waals surface area (Å²) in [6.45, 7) is 7.69. The Balaban J connectivity index is 1.34. The molecule has 1 unspecified atom stereocenters. The number of hydrogen-bond donors (Lipinski definition) is 2. The SMILES string of the molecule is CC(C)CN1CCCCC1CNC(=O)c1nc(N2CCN(c3ncccc3C(F)(F)F)CC2)[nH]c1-c1ccc(CF)cc1. The first-order chi connectivity index (χ1) is 20.6. The van der Waals surface area contributed by atoms with Crippen LogP contribution in [-0.2, 0) is 12.9 Å². The lowest BCUT2D eigenvalue weighted by molar-refractivity contribution is -0.137. The zero-order valence-electron chi connectivity index (χ0n) is 24.6. The first kappa shape index (κ1) is 30.8. The summed E-state index contributed by atoms with van der Waals surface area (Å²) in [5, 5.41) is 3.11. The number of halogens is 4. The van der Waals surface area contributed by atoms with Gasteiger partial charge in [-0.1, -0.05) is 44.5 Å². The molecule has 0 aliphatic carbocycles. The van der Waals surface area contributed by atoms with Gasteiger partial charge in [-0.25, -0.2) is 14.4 Å². The smallest absolute Gasteiger partial charge is 0.353 e. The average molecular weight is 602 g/mol. The summed E-state index contributed by atoms with van der Waals surface area (Å²) in [5.74, 6) is 0.605. The highest BCUT2D eigenvalue weighted by atomic mass is 19.4. The molecule has 2 fully saturated rings. The van der Waals surface area contributed by atoms with Crippen LogP contribution in [0.1, 0.15) is 54.7 Å². The summed E-state index contributed by atoms with van der Waals surface area (Å²) in [6, 6.07) is 9.45. The topological polar surface area (TPSA) is 80.4 Å². The number of carbonyl (C=O) groups is 1. The predicted molar refractivity (Wildman–Crippen MR) is 159 cm³/mol. The van der Waals surface area contributed by atoms with Gasteiger partial charge in [-0.3, -0.25) is 9.69 Å². The number of carbonyl (C=O) groups excluding carboxylic acids is 1. The number of alkyl halides is 4. The Kier molecular flexibility index (Phi) is 9.53. The zero-order chi connectivity index (χ0) is 30.6. The second-order valence-electron chi connectivity index (χ2n) is 11.7. The number of amides is 1. The number of anilines is 2. The van der Waals surface area contributed by atoms with E-state index >= 15 is 0 Å². The van der Waals surface area contributed by atoms with E-state index in [0.29, 0.717) is 61.4 Å². The van der Waals surface area contributed by atoms with Crippen LogP contribution in [0.15, 0.2) is 42.6 Å². The van der Waals surface area contributed by atoms with Crippen molar-refractivity contribution in [2.24, 2.45) is 5.92 Å². The van der Waals surface area contributed by atoms with Crippen molar-refractivity contribution in [3.63, 3.8) is 0 Å². The van der Waals surface area contributed by atoms with Crippen LogP contribution in [0.5, 0.6) is 0 Å². The van der Waals surface area contributed by atoms with Gasteiger partial charge in [-0.2, -0.15) is 13.2 Å². The van der Waals surface area contributed by atoms with E-state index in [4.69, 9.17) is 4.98 Å². The maximum atomic E-state index is 13.6. The third kappa shape index (κ3) is 7.29. The van der Waals surface area contributed by atoms with Gasteiger partial charge >= 0.3 is 6.18 Å². The second-order valence-corrected chi connectivity index (χ2v) is 11.7. The largest absolute Gasteiger partial charge is 0.419 e. The molecular formula is C31H39F4N7O. The number of hydrogen-bond acceptors (Lipinski definition) is 6. The summed E-state index contributed by atoms with van der Waals surface area (Å²) in [7, 11) is 0. The fourth-order valence-corrected chi connectivity index (χ4v) is 5.94. The highest BCUT2D eigenvalue weighted by Gasteiger charge is 2.36. The molecule has 2 N–H and O–H groups in total. The monoisotopic (exact) mass is 601 g/mol. The van der Waals surface area contributed by atoms with E-state index in [1.807, 2.05) is 4.90 Å². The van der Waals surface area contributed by atoms with E-state index < -0.39 is 18.4 Å². The number of nitrogens with zero attached hydrogens (tertiary/aromatic N) is 5. The number of aromatic amines is 1. The van der Waals surface area contributed by atoms with E-state index in [-0.39, 0.29) is 23.5 Å². The molecule has 1 amide bonds. The lowest BCUT2D eigenvalue weighted by atomic mass is 10.0. The summed E-state index contributed by atoms with van der Waals surface area (Å²) in [4.78, 5) is 31.6. The minimum Gasteiger partial charge on any atom is -0.353 e. The Morgan fingerprint density at radius 3 is 2.44 bits per heavy atom. The van der Waals surface area contributed by atoms with Crippen LogP contribution < -0.4 is 15.1 Å². The Bertz CT molecular complexity index is 1370. The fraction of sp³-hybridized carbons (Fsp3) is 0.516. The van der Waals surface area contributed by atoms with Gasteiger partial charge in [0.05, 0.1) is 11.3 Å². The third-order valence-corrected chi connectivity index (χ3v) is 8.12. The molecule has 4 heterocycles. The second kappa shape index (κ2) is 13.3. The summed E-state index contributed by atoms with van der Waals surface area (Å²) < 4.78 is 53.9. The van der Waals surface area contributed by atoms with E-state index in [2.05, 4.69) is 34.0 Å². The van der Waals surface area contributed by atoms with Crippen LogP contribution in [0, 0.1) is 5.92 Å². The molecule has 8 nitrogen and oxygen atoms in total. The van der Waals surface area contributed by atoms with Gasteiger partial charge in [-0.05, 0) is 43.0 Å². The van der Waals surface area contributed by atoms with Crippen LogP contribution >= 0.6 is 0 Å². The molecule has 1 aromatic carbocycles. The van der Waals surface area contributed by atoms with Gasteiger partial charge in [0.25, 0.3) is 5.91 Å². The number of imidazole rings is 1. The van der Waals surface area contributed by atoms with Gasteiger partial charge in [0.15, 0.2) is 5.69 Å². The third-order valence-electron chi connectivity index (χ3n) is 8.12. The van der Waals surface area contributed by atoms with Crippen molar-refractivity contribution in [2.75, 3.05) is 55.6 Å². The molecule has 2 aliphatic heterocycles. The van der Waals surface area contributed by atoms with Crippen LogP contribution in [-0.4, -0.2) is 77.6 Å². The van der Waals surface area contributed by atoms with Crippen molar-refractivity contribution in [1.82, 2.24) is 25.2 Å². The predicted octanol–water partition coefficient (Wildman–Crippen LogP) is 5.53. The average Bonchev–Trinajstić information content (AvgIpc) is 3.46. The normalized spacial score (nSPS) is 18.3. The number of aromatic nitrogens is 3. The van der Waals surface area contributed by atoms with Gasteiger partial charge in [0.2, 0.25) is 5.95 Å². The molecule has 5 rings (SSSR count). The molecule has 232 valence electrons. The minimum atomic E-state index is -4.50. The van der Waals surface area contributed by atoms with E-state index in [9.17, 15) is 22.4 Å². The van der Waals surface area contributed by atoms with Crippen LogP contribution in [0.2, 0.25) is 0 Å². The van der Waals surface area contributed by atoms with Crippen molar-refractivity contribution in [3.05, 3.63) is 59.4 Å². The van der Waals surface area contributed by atoms with E-state index in [1.54, 1.807) is 29.2 Å². The maximum Gasteiger partial charge on any atom is 0.419 e. The molecule has 3 aromatic rings. The number of piperidine rings is 1. The Morgan fingerprint density at radius 2 is 1.77 bits per heavy atom. The molecule has 1 atom stereocenters. The maximum absolute atomic E-state index is 13.6. The van der Waals surface area contributed by atoms with Crippen LogP contribution in [0.25, 0.3) is 11.3 Å². The molecule has 43 heavy (non-hydrogen) atoms. The number of rotatable bonds is 9. The van der Waals surface area contributed by atoms with Gasteiger partial charge < -0.3 is 20.1 Å². The standard InChI is InChI=1S/C31H39F4N7O/c1-21(2)20-42-13-4-3-6-24(42)19-37-29(43)27-26(23-10-8-22(18-32)9-11-23)38-30(39-27)41-16-14-40(15-17-41)28-25(31(33,34)35)7-5-12-36-28/h5,7-12,21,24H,3-4,6,13-20H2,1-2H3,(H,37,43)(H,38,39). The number of pyridine rings is 1. The number of piperazine rings is 1. The van der Waals surface area contributed by atoms with Crippen molar-refractivity contribution in [3.8, 4) is 11.3 Å². The lowest BCUT2D eigenvalue weighted by Gasteiger charge is -2.36. The summed E-state index contributed by atoms with van der Waals surface area (Å²) in [5.41, 5.74) is 1.22. The van der Waals surface area contributed by atoms with Gasteiger partial charge in [0.1, 0.15) is 12.5 Å². The quantitative estimate of drug-likeness (QED) is 0.314. The summed E-state index contributed by atoms with van der Waals surface area (Å²) >= 11 is 0. The van der Waals surface area contributed by atoms with Crippen molar-refractivity contribution in [1.29, 1.82) is 0 Å². The lowest BCUT2D eigenvalue weighted by Crippen LogP contribution is -2.48. The molecule has 0 spiro atoms. The van der Waals surface area contributed by atoms with E-state index in [1.165, 1.54) is 12.3 Å². The Labute approximate surface area is 249 Å². The molecule has 12 heteroatoms. The number of nitrogens with one attached hydrogen (secondary N) is 2. The number of likely N-dealkylation sites (tertiary alicyclic amines) is 1. The summed E-state index contributed by atoms with van der Waals surface area (Å²) in [6.07, 6.45) is 0.171. The van der Waals surface area contributed by atoms with Crippen LogP contribution in [0.3, 0.4) is 0 Å².